The molecule has 122 valence electrons. The van der Waals surface area contributed by atoms with Crippen LogP contribution in [0, 0.1) is 6.92 Å². The van der Waals surface area contributed by atoms with Crippen molar-refractivity contribution in [1.29, 1.82) is 0 Å². The van der Waals surface area contributed by atoms with Crippen molar-refractivity contribution in [3.8, 4) is 5.75 Å². The van der Waals surface area contributed by atoms with E-state index < -0.39 is 0 Å². The highest BCUT2D eigenvalue weighted by atomic mass is 35.5. The summed E-state index contributed by atoms with van der Waals surface area (Å²) in [5.74, 6) is 1.21. The standard InChI is InChI=1S/C19H16ClNO2S/c1-12-9-19(16-10-15(23-2)7-8-17(16)21-12)24-11-18(22)13-3-5-14(20)6-4-13/h3-10H,11H2,1-2H3. The van der Waals surface area contributed by atoms with Crippen molar-refractivity contribution in [2.45, 2.75) is 11.8 Å². The Morgan fingerprint density at radius 1 is 1.17 bits per heavy atom. The monoisotopic (exact) mass is 357 g/mol. The number of hydrogen-bond donors (Lipinski definition) is 0. The minimum absolute atomic E-state index is 0.0715. The van der Waals surface area contributed by atoms with Crippen LogP contribution in [0.25, 0.3) is 10.9 Å². The Bertz CT molecular complexity index is 894. The summed E-state index contributed by atoms with van der Waals surface area (Å²) in [4.78, 5) is 17.9. The van der Waals surface area contributed by atoms with Gasteiger partial charge >= 0.3 is 0 Å². The van der Waals surface area contributed by atoms with E-state index in [4.69, 9.17) is 16.3 Å². The number of fused-ring (bicyclic) bond motifs is 1. The van der Waals surface area contributed by atoms with E-state index in [0.29, 0.717) is 16.3 Å². The lowest BCUT2D eigenvalue weighted by molar-refractivity contribution is 0.102. The van der Waals surface area contributed by atoms with Gasteiger partial charge in [0.1, 0.15) is 5.75 Å². The van der Waals surface area contributed by atoms with Gasteiger partial charge < -0.3 is 4.74 Å². The molecule has 3 aromatic rings. The maximum absolute atomic E-state index is 12.4. The molecule has 24 heavy (non-hydrogen) atoms. The van der Waals surface area contributed by atoms with Crippen LogP contribution >= 0.6 is 23.4 Å². The Morgan fingerprint density at radius 2 is 1.92 bits per heavy atom. The number of thioether (sulfide) groups is 1. The highest BCUT2D eigenvalue weighted by Crippen LogP contribution is 2.31. The molecule has 0 aliphatic rings. The van der Waals surface area contributed by atoms with E-state index in [1.54, 1.807) is 31.4 Å². The minimum atomic E-state index is 0.0715. The fourth-order valence-electron chi connectivity index (χ4n) is 2.41. The predicted octanol–water partition coefficient (Wildman–Crippen LogP) is 5.18. The third-order valence-electron chi connectivity index (χ3n) is 3.63. The SMILES string of the molecule is COc1ccc2nc(C)cc(SCC(=O)c3ccc(Cl)cc3)c2c1. The quantitative estimate of drug-likeness (QED) is 0.466. The molecule has 0 spiro atoms. The van der Waals surface area contributed by atoms with E-state index in [1.807, 2.05) is 31.2 Å². The maximum atomic E-state index is 12.4. The van der Waals surface area contributed by atoms with Crippen LogP contribution in [0.15, 0.2) is 53.4 Å². The highest BCUT2D eigenvalue weighted by molar-refractivity contribution is 8.00. The van der Waals surface area contributed by atoms with Crippen LogP contribution in [-0.2, 0) is 0 Å². The number of halogens is 1. The van der Waals surface area contributed by atoms with Gasteiger partial charge in [-0.1, -0.05) is 11.6 Å². The third-order valence-corrected chi connectivity index (χ3v) is 4.94. The zero-order chi connectivity index (χ0) is 17.1. The number of aryl methyl sites for hydroxylation is 1. The number of Topliss-reactive ketones (excluding diaryl/α,β-unsaturated/α-hetero) is 1. The van der Waals surface area contributed by atoms with Gasteiger partial charge in [0.05, 0.1) is 18.4 Å². The zero-order valence-corrected chi connectivity index (χ0v) is 14.9. The molecule has 0 unspecified atom stereocenters. The largest absolute Gasteiger partial charge is 0.497 e. The average molecular weight is 358 g/mol. The van der Waals surface area contributed by atoms with E-state index in [2.05, 4.69) is 4.98 Å². The zero-order valence-electron chi connectivity index (χ0n) is 13.4. The topological polar surface area (TPSA) is 39.2 Å². The summed E-state index contributed by atoms with van der Waals surface area (Å²) in [5.41, 5.74) is 2.49. The molecule has 0 aliphatic heterocycles. The smallest absolute Gasteiger partial charge is 0.173 e. The molecule has 1 aromatic heterocycles. The first-order valence-corrected chi connectivity index (χ1v) is 8.80. The first-order chi connectivity index (χ1) is 11.6. The molecule has 0 bridgehead atoms. The van der Waals surface area contributed by atoms with Crippen molar-refractivity contribution in [2.24, 2.45) is 0 Å². The fourth-order valence-corrected chi connectivity index (χ4v) is 3.56. The minimum Gasteiger partial charge on any atom is -0.497 e. The normalized spacial score (nSPS) is 10.8. The highest BCUT2D eigenvalue weighted by Gasteiger charge is 2.10. The molecular weight excluding hydrogens is 342 g/mol. The number of ketones is 1. The summed E-state index contributed by atoms with van der Waals surface area (Å²) < 4.78 is 5.30. The molecular formula is C19H16ClNO2S. The summed E-state index contributed by atoms with van der Waals surface area (Å²) >= 11 is 7.38. The Balaban J connectivity index is 1.86. The Morgan fingerprint density at radius 3 is 2.62 bits per heavy atom. The summed E-state index contributed by atoms with van der Waals surface area (Å²) in [5, 5.41) is 1.62. The maximum Gasteiger partial charge on any atom is 0.173 e. The summed E-state index contributed by atoms with van der Waals surface area (Å²) in [6.45, 7) is 1.95. The van der Waals surface area contributed by atoms with Crippen molar-refractivity contribution >= 4 is 40.0 Å². The first kappa shape index (κ1) is 16.8. The molecule has 1 heterocycles. The first-order valence-electron chi connectivity index (χ1n) is 7.44. The Labute approximate surface area is 150 Å². The summed E-state index contributed by atoms with van der Waals surface area (Å²) in [6, 6.07) is 14.8. The lowest BCUT2D eigenvalue weighted by Gasteiger charge is -2.09. The van der Waals surface area contributed by atoms with Gasteiger partial charge in [-0.25, -0.2) is 0 Å². The number of carbonyl (C=O) groups excluding carboxylic acids is 1. The van der Waals surface area contributed by atoms with Gasteiger partial charge in [0.2, 0.25) is 0 Å². The second kappa shape index (κ2) is 7.24. The van der Waals surface area contributed by atoms with Crippen LogP contribution in [0.4, 0.5) is 0 Å². The van der Waals surface area contributed by atoms with Gasteiger partial charge in [0, 0.05) is 26.6 Å². The van der Waals surface area contributed by atoms with E-state index in [9.17, 15) is 4.79 Å². The lowest BCUT2D eigenvalue weighted by atomic mass is 10.1. The van der Waals surface area contributed by atoms with E-state index in [0.717, 1.165) is 27.2 Å². The molecule has 3 rings (SSSR count). The molecule has 0 amide bonds. The molecule has 0 saturated heterocycles. The van der Waals surface area contributed by atoms with Gasteiger partial charge in [-0.2, -0.15) is 0 Å². The van der Waals surface area contributed by atoms with Crippen LogP contribution in [-0.4, -0.2) is 23.6 Å². The van der Waals surface area contributed by atoms with E-state index in [-0.39, 0.29) is 5.78 Å². The van der Waals surface area contributed by atoms with Crippen LogP contribution in [0.2, 0.25) is 5.02 Å². The van der Waals surface area contributed by atoms with Crippen molar-refractivity contribution in [2.75, 3.05) is 12.9 Å². The Hall–Kier alpha value is -2.04. The van der Waals surface area contributed by atoms with E-state index >= 15 is 0 Å². The number of methoxy groups -OCH3 is 1. The Kier molecular flexibility index (Phi) is 5.07. The molecule has 0 N–H and O–H groups in total. The molecule has 5 heteroatoms. The second-order valence-electron chi connectivity index (χ2n) is 5.36. The second-order valence-corrected chi connectivity index (χ2v) is 6.82. The molecule has 0 saturated carbocycles. The molecule has 3 nitrogen and oxygen atoms in total. The fraction of sp³-hybridized carbons (Fsp3) is 0.158. The molecule has 0 aliphatic carbocycles. The van der Waals surface area contributed by atoms with Crippen molar-refractivity contribution in [3.63, 3.8) is 0 Å². The van der Waals surface area contributed by atoms with Crippen molar-refractivity contribution in [3.05, 3.63) is 64.8 Å². The summed E-state index contributed by atoms with van der Waals surface area (Å²) in [6.07, 6.45) is 0. The van der Waals surface area contributed by atoms with Crippen LogP contribution < -0.4 is 4.74 Å². The number of aromatic nitrogens is 1. The molecule has 0 atom stereocenters. The number of hydrogen-bond acceptors (Lipinski definition) is 4. The predicted molar refractivity (Wildman–Crippen MR) is 99.5 cm³/mol. The van der Waals surface area contributed by atoms with E-state index in [1.165, 1.54) is 11.8 Å². The van der Waals surface area contributed by atoms with Crippen LogP contribution in [0.5, 0.6) is 5.75 Å². The number of rotatable bonds is 5. The number of ether oxygens (including phenoxy) is 1. The van der Waals surface area contributed by atoms with Crippen LogP contribution in [0.1, 0.15) is 16.1 Å². The summed E-state index contributed by atoms with van der Waals surface area (Å²) in [7, 11) is 1.64. The number of carbonyl (C=O) groups is 1. The van der Waals surface area contributed by atoms with Crippen LogP contribution in [0.3, 0.4) is 0 Å². The number of nitrogens with zero attached hydrogens (tertiary/aromatic N) is 1. The van der Waals surface area contributed by atoms with Gasteiger partial charge in [0.25, 0.3) is 0 Å². The van der Waals surface area contributed by atoms with Gasteiger partial charge in [-0.3, -0.25) is 9.78 Å². The molecule has 2 aromatic carbocycles. The van der Waals surface area contributed by atoms with Gasteiger partial charge in [0.15, 0.2) is 5.78 Å². The lowest BCUT2D eigenvalue weighted by Crippen LogP contribution is -2.02. The van der Waals surface area contributed by atoms with Crippen molar-refractivity contribution in [1.82, 2.24) is 4.98 Å². The number of pyridine rings is 1. The van der Waals surface area contributed by atoms with Gasteiger partial charge in [-0.15, -0.1) is 11.8 Å². The average Bonchev–Trinajstić information content (AvgIpc) is 2.59. The third kappa shape index (κ3) is 3.71. The van der Waals surface area contributed by atoms with Gasteiger partial charge in [-0.05, 0) is 55.5 Å². The molecule has 0 fully saturated rings. The molecule has 0 radical (unpaired) electrons. The number of benzene rings is 2. The van der Waals surface area contributed by atoms with Crippen molar-refractivity contribution < 1.29 is 9.53 Å².